The topological polar surface area (TPSA) is 113 Å². The zero-order chi connectivity index (χ0) is 16.7. The zero-order valence-electron chi connectivity index (χ0n) is 13.3. The Hall–Kier alpha value is -1.63. The van der Waals surface area contributed by atoms with Crippen molar-refractivity contribution in [3.8, 4) is 0 Å². The first-order valence-electron chi connectivity index (χ1n) is 7.32. The quantitative estimate of drug-likeness (QED) is 0.561. The predicted octanol–water partition coefficient (Wildman–Crippen LogP) is 0.955. The molecule has 1 aromatic rings. The van der Waals surface area contributed by atoms with Crippen molar-refractivity contribution >= 4 is 24.3 Å². The minimum Gasteiger partial charge on any atom is -0.480 e. The molecule has 3 atom stereocenters. The molecule has 0 aromatic heterocycles. The standard InChI is InChI=1S/C16H24N2O4.ClH/c1-10(2)8-13(16(21)22)18-15(20)14(19)12(17)9-11-6-4-3-5-7-11;/h3-7,10,12-14,19H,8-9,17H2,1-2H3,(H,18,20)(H,21,22);1H/t12-,13-,14-;/m1./s1. The second-order valence-electron chi connectivity index (χ2n) is 5.83. The van der Waals surface area contributed by atoms with Crippen molar-refractivity contribution < 1.29 is 19.8 Å². The van der Waals surface area contributed by atoms with Crippen LogP contribution >= 0.6 is 12.4 Å². The maximum absolute atomic E-state index is 12.0. The van der Waals surface area contributed by atoms with Crippen molar-refractivity contribution in [3.05, 3.63) is 35.9 Å². The van der Waals surface area contributed by atoms with E-state index in [1.54, 1.807) is 0 Å². The summed E-state index contributed by atoms with van der Waals surface area (Å²) in [5, 5.41) is 21.4. The smallest absolute Gasteiger partial charge is 0.326 e. The van der Waals surface area contributed by atoms with Gasteiger partial charge in [-0.1, -0.05) is 44.2 Å². The van der Waals surface area contributed by atoms with Crippen molar-refractivity contribution in [2.24, 2.45) is 11.7 Å². The lowest BCUT2D eigenvalue weighted by molar-refractivity contribution is -0.144. The SMILES string of the molecule is CC(C)C[C@@H](NC(=O)[C@H](O)[C@H](N)Cc1ccccc1)C(=O)O.Cl. The van der Waals surface area contributed by atoms with Crippen molar-refractivity contribution in [3.63, 3.8) is 0 Å². The largest absolute Gasteiger partial charge is 0.480 e. The first-order valence-corrected chi connectivity index (χ1v) is 7.32. The van der Waals surface area contributed by atoms with Crippen LogP contribution in [0.3, 0.4) is 0 Å². The zero-order valence-corrected chi connectivity index (χ0v) is 14.1. The summed E-state index contributed by atoms with van der Waals surface area (Å²) in [6.07, 6.45) is -0.826. The van der Waals surface area contributed by atoms with Crippen LogP contribution in [0.1, 0.15) is 25.8 Å². The van der Waals surface area contributed by atoms with E-state index >= 15 is 0 Å². The fourth-order valence-corrected chi connectivity index (χ4v) is 2.14. The number of carbonyl (C=O) groups is 2. The number of aliphatic carboxylic acids is 1. The molecule has 0 aliphatic carbocycles. The average Bonchev–Trinajstić information content (AvgIpc) is 2.46. The molecule has 130 valence electrons. The molecule has 0 aliphatic rings. The van der Waals surface area contributed by atoms with E-state index in [-0.39, 0.29) is 18.3 Å². The molecule has 7 heteroatoms. The van der Waals surface area contributed by atoms with Crippen LogP contribution in [-0.4, -0.2) is 40.3 Å². The van der Waals surface area contributed by atoms with E-state index < -0.39 is 30.1 Å². The van der Waals surface area contributed by atoms with E-state index in [4.69, 9.17) is 10.8 Å². The number of hydrogen-bond acceptors (Lipinski definition) is 4. The number of nitrogens with two attached hydrogens (primary N) is 1. The third kappa shape index (κ3) is 7.45. The second-order valence-corrected chi connectivity index (χ2v) is 5.83. The minimum absolute atomic E-state index is 0. The lowest BCUT2D eigenvalue weighted by Crippen LogP contribution is -2.52. The Balaban J connectivity index is 0.00000484. The highest BCUT2D eigenvalue weighted by Crippen LogP contribution is 2.08. The number of hydrogen-bond donors (Lipinski definition) is 4. The molecule has 1 amide bonds. The van der Waals surface area contributed by atoms with Gasteiger partial charge in [0.15, 0.2) is 0 Å². The highest BCUT2D eigenvalue weighted by atomic mass is 35.5. The molecule has 1 aromatic carbocycles. The van der Waals surface area contributed by atoms with Gasteiger partial charge in [0.1, 0.15) is 12.1 Å². The molecule has 0 heterocycles. The Morgan fingerprint density at radius 3 is 2.26 bits per heavy atom. The number of aliphatic hydroxyl groups excluding tert-OH is 1. The summed E-state index contributed by atoms with van der Waals surface area (Å²) in [5.41, 5.74) is 6.75. The molecule has 0 radical (unpaired) electrons. The summed E-state index contributed by atoms with van der Waals surface area (Å²) in [6, 6.07) is 7.44. The maximum atomic E-state index is 12.0. The lowest BCUT2D eigenvalue weighted by Gasteiger charge is -2.22. The number of aliphatic hydroxyl groups is 1. The van der Waals surface area contributed by atoms with Crippen LogP contribution < -0.4 is 11.1 Å². The van der Waals surface area contributed by atoms with Gasteiger partial charge in [0.2, 0.25) is 0 Å². The van der Waals surface area contributed by atoms with Gasteiger partial charge in [0, 0.05) is 6.04 Å². The summed E-state index contributed by atoms with van der Waals surface area (Å²) >= 11 is 0. The molecule has 0 aliphatic heterocycles. The third-order valence-corrected chi connectivity index (χ3v) is 3.31. The number of carbonyl (C=O) groups excluding carboxylic acids is 1. The number of nitrogens with one attached hydrogen (secondary N) is 1. The van der Waals surface area contributed by atoms with Gasteiger partial charge in [0.05, 0.1) is 0 Å². The van der Waals surface area contributed by atoms with Crippen molar-refractivity contribution in [2.75, 3.05) is 0 Å². The van der Waals surface area contributed by atoms with Crippen LogP contribution in [-0.2, 0) is 16.0 Å². The Kier molecular flexibility index (Phi) is 9.48. The molecule has 5 N–H and O–H groups in total. The van der Waals surface area contributed by atoms with Gasteiger partial charge >= 0.3 is 5.97 Å². The summed E-state index contributed by atoms with van der Waals surface area (Å²) in [5.74, 6) is -1.76. The highest BCUT2D eigenvalue weighted by Gasteiger charge is 2.28. The molecule has 1 rings (SSSR count). The number of carboxylic acids is 1. The lowest BCUT2D eigenvalue weighted by atomic mass is 10.00. The van der Waals surface area contributed by atoms with E-state index in [2.05, 4.69) is 5.32 Å². The molecular formula is C16H25ClN2O4. The van der Waals surface area contributed by atoms with Crippen molar-refractivity contribution in [1.82, 2.24) is 5.32 Å². The molecule has 0 bridgehead atoms. The van der Waals surface area contributed by atoms with Crippen LogP contribution in [0, 0.1) is 5.92 Å². The summed E-state index contributed by atoms with van der Waals surface area (Å²) in [6.45, 7) is 3.72. The van der Waals surface area contributed by atoms with Gasteiger partial charge in [-0.05, 0) is 24.3 Å². The monoisotopic (exact) mass is 344 g/mol. The number of amides is 1. The molecule has 6 nitrogen and oxygen atoms in total. The van der Waals surface area contributed by atoms with Gasteiger partial charge in [-0.3, -0.25) is 4.79 Å². The van der Waals surface area contributed by atoms with E-state index in [1.165, 1.54) is 0 Å². The Bertz CT molecular complexity index is 496. The van der Waals surface area contributed by atoms with Gasteiger partial charge in [-0.15, -0.1) is 12.4 Å². The Morgan fingerprint density at radius 2 is 1.78 bits per heavy atom. The first kappa shape index (κ1) is 21.4. The van der Waals surface area contributed by atoms with E-state index in [9.17, 15) is 14.7 Å². The highest BCUT2D eigenvalue weighted by molar-refractivity contribution is 5.86. The second kappa shape index (κ2) is 10.2. The number of carboxylic acid groups (broad SMARTS) is 1. The normalized spacial score (nSPS) is 14.5. The fraction of sp³-hybridized carbons (Fsp3) is 0.500. The molecule has 0 saturated heterocycles. The van der Waals surface area contributed by atoms with Crippen LogP contribution in [0.5, 0.6) is 0 Å². The van der Waals surface area contributed by atoms with Gasteiger partial charge in [-0.2, -0.15) is 0 Å². The molecule has 23 heavy (non-hydrogen) atoms. The van der Waals surface area contributed by atoms with Gasteiger partial charge < -0.3 is 21.3 Å². The first-order chi connectivity index (χ1) is 10.3. The van der Waals surface area contributed by atoms with Crippen LogP contribution in [0.25, 0.3) is 0 Å². The molecule has 0 spiro atoms. The third-order valence-electron chi connectivity index (χ3n) is 3.31. The van der Waals surface area contributed by atoms with Crippen molar-refractivity contribution in [2.45, 2.75) is 44.9 Å². The average molecular weight is 345 g/mol. The summed E-state index contributed by atoms with van der Waals surface area (Å²) in [4.78, 5) is 23.1. The number of halogens is 1. The number of rotatable bonds is 8. The summed E-state index contributed by atoms with van der Waals surface area (Å²) in [7, 11) is 0. The fourth-order valence-electron chi connectivity index (χ4n) is 2.14. The van der Waals surface area contributed by atoms with Crippen molar-refractivity contribution in [1.29, 1.82) is 0 Å². The molecular weight excluding hydrogens is 320 g/mol. The van der Waals surface area contributed by atoms with E-state index in [1.807, 2.05) is 44.2 Å². The van der Waals surface area contributed by atoms with Crippen LogP contribution in [0.4, 0.5) is 0 Å². The van der Waals surface area contributed by atoms with Crippen LogP contribution in [0.15, 0.2) is 30.3 Å². The Morgan fingerprint density at radius 1 is 1.22 bits per heavy atom. The molecule has 0 unspecified atom stereocenters. The Labute approximate surface area is 142 Å². The van der Waals surface area contributed by atoms with Gasteiger partial charge in [0.25, 0.3) is 5.91 Å². The maximum Gasteiger partial charge on any atom is 0.326 e. The minimum atomic E-state index is -1.45. The van der Waals surface area contributed by atoms with Gasteiger partial charge in [-0.25, -0.2) is 4.79 Å². The van der Waals surface area contributed by atoms with Crippen LogP contribution in [0.2, 0.25) is 0 Å². The van der Waals surface area contributed by atoms with E-state index in [0.29, 0.717) is 12.8 Å². The predicted molar refractivity (Wildman–Crippen MR) is 90.4 cm³/mol. The molecule has 0 fully saturated rings. The molecule has 0 saturated carbocycles. The van der Waals surface area contributed by atoms with E-state index in [0.717, 1.165) is 5.56 Å². The summed E-state index contributed by atoms with van der Waals surface area (Å²) < 4.78 is 0. The number of benzene rings is 1.